The second-order valence-corrected chi connectivity index (χ2v) is 4.86. The lowest BCUT2D eigenvalue weighted by atomic mass is 10.1. The molecule has 0 bridgehead atoms. The maximum Gasteiger partial charge on any atom is 0.229 e. The molecule has 1 N–H and O–H groups in total. The Bertz CT molecular complexity index is 646. The zero-order valence-corrected chi connectivity index (χ0v) is 11.6. The van der Waals surface area contributed by atoms with Crippen molar-refractivity contribution in [3.63, 3.8) is 0 Å². The molecule has 20 heavy (non-hydrogen) atoms. The first-order valence-electron chi connectivity index (χ1n) is 6.06. The van der Waals surface area contributed by atoms with Gasteiger partial charge in [0.15, 0.2) is 0 Å². The van der Waals surface area contributed by atoms with Gasteiger partial charge in [0.05, 0.1) is 22.8 Å². The molecule has 2 aromatic rings. The number of rotatable bonds is 4. The van der Waals surface area contributed by atoms with Crippen LogP contribution in [0.25, 0.3) is 0 Å². The lowest BCUT2D eigenvalue weighted by Crippen LogP contribution is -2.24. The fourth-order valence-corrected chi connectivity index (χ4v) is 1.97. The molecule has 1 aromatic heterocycles. The molecule has 1 amide bonds. The lowest BCUT2D eigenvalue weighted by molar-refractivity contribution is -0.119. The van der Waals surface area contributed by atoms with Crippen LogP contribution in [0.2, 0.25) is 5.02 Å². The SMILES string of the molecule is C[C@H](Cn1ccnc1)C(=O)Nc1ccc(C#N)c(Cl)c1. The molecule has 0 radical (unpaired) electrons. The summed E-state index contributed by atoms with van der Waals surface area (Å²) in [4.78, 5) is 16.0. The molecule has 0 aliphatic carbocycles. The van der Waals surface area contributed by atoms with Crippen LogP contribution in [-0.2, 0) is 11.3 Å². The second-order valence-electron chi connectivity index (χ2n) is 4.46. The standard InChI is InChI=1S/C14H13ClN4O/c1-10(8-19-5-4-17-9-19)14(20)18-12-3-2-11(7-16)13(15)6-12/h2-6,9-10H,8H2,1H3,(H,18,20)/t10-/m1/s1. The van der Waals surface area contributed by atoms with E-state index in [1.807, 2.05) is 23.8 Å². The predicted octanol–water partition coefficient (Wildman–Crippen LogP) is 2.68. The third-order valence-corrected chi connectivity index (χ3v) is 3.16. The Morgan fingerprint density at radius 2 is 2.40 bits per heavy atom. The van der Waals surface area contributed by atoms with E-state index in [0.29, 0.717) is 22.8 Å². The van der Waals surface area contributed by atoms with Crippen molar-refractivity contribution in [3.8, 4) is 6.07 Å². The van der Waals surface area contributed by atoms with Crippen LogP contribution in [0.5, 0.6) is 0 Å². The molecular formula is C14H13ClN4O. The molecule has 0 spiro atoms. The van der Waals surface area contributed by atoms with Gasteiger partial charge < -0.3 is 9.88 Å². The molecule has 6 heteroatoms. The van der Waals surface area contributed by atoms with Crippen molar-refractivity contribution >= 4 is 23.2 Å². The fourth-order valence-electron chi connectivity index (χ4n) is 1.74. The number of nitrogens with zero attached hydrogens (tertiary/aromatic N) is 3. The van der Waals surface area contributed by atoms with Crippen molar-refractivity contribution in [2.45, 2.75) is 13.5 Å². The van der Waals surface area contributed by atoms with Gasteiger partial charge in [0.2, 0.25) is 5.91 Å². The van der Waals surface area contributed by atoms with Crippen molar-refractivity contribution < 1.29 is 4.79 Å². The Labute approximate surface area is 121 Å². The quantitative estimate of drug-likeness (QED) is 0.940. The first kappa shape index (κ1) is 14.1. The minimum Gasteiger partial charge on any atom is -0.337 e. The number of benzene rings is 1. The second kappa shape index (κ2) is 6.22. The Morgan fingerprint density at radius 1 is 1.60 bits per heavy atom. The van der Waals surface area contributed by atoms with Crippen LogP contribution in [0, 0.1) is 17.2 Å². The molecule has 0 aliphatic heterocycles. The van der Waals surface area contributed by atoms with E-state index < -0.39 is 0 Å². The summed E-state index contributed by atoms with van der Waals surface area (Å²) in [5.41, 5.74) is 0.965. The topological polar surface area (TPSA) is 70.7 Å². The number of nitriles is 1. The number of hydrogen-bond acceptors (Lipinski definition) is 3. The number of carbonyl (C=O) groups is 1. The van der Waals surface area contributed by atoms with Gasteiger partial charge in [0, 0.05) is 24.6 Å². The number of aromatic nitrogens is 2. The number of hydrogen-bond donors (Lipinski definition) is 1. The third-order valence-electron chi connectivity index (χ3n) is 2.85. The van der Waals surface area contributed by atoms with Gasteiger partial charge in [0.1, 0.15) is 6.07 Å². The monoisotopic (exact) mass is 288 g/mol. The molecule has 0 saturated carbocycles. The minimum absolute atomic E-state index is 0.112. The van der Waals surface area contributed by atoms with Crippen molar-refractivity contribution in [2.75, 3.05) is 5.32 Å². The normalized spacial score (nSPS) is 11.7. The molecule has 0 fully saturated rings. The number of nitrogens with one attached hydrogen (secondary N) is 1. The molecule has 2 rings (SSSR count). The minimum atomic E-state index is -0.210. The Hall–Kier alpha value is -2.32. The van der Waals surface area contributed by atoms with Gasteiger partial charge in [-0.05, 0) is 18.2 Å². The first-order valence-corrected chi connectivity index (χ1v) is 6.44. The number of halogens is 1. The van der Waals surface area contributed by atoms with E-state index in [2.05, 4.69) is 10.3 Å². The summed E-state index contributed by atoms with van der Waals surface area (Å²) in [7, 11) is 0. The molecule has 0 unspecified atom stereocenters. The summed E-state index contributed by atoms with van der Waals surface area (Å²) >= 11 is 5.92. The highest BCUT2D eigenvalue weighted by molar-refractivity contribution is 6.32. The maximum absolute atomic E-state index is 12.1. The van der Waals surface area contributed by atoms with Crippen LogP contribution in [0.3, 0.4) is 0 Å². The highest BCUT2D eigenvalue weighted by atomic mass is 35.5. The van der Waals surface area contributed by atoms with E-state index in [-0.39, 0.29) is 11.8 Å². The molecule has 1 aromatic carbocycles. The summed E-state index contributed by atoms with van der Waals surface area (Å²) in [5.74, 6) is -0.321. The van der Waals surface area contributed by atoms with Gasteiger partial charge in [-0.25, -0.2) is 4.98 Å². The largest absolute Gasteiger partial charge is 0.337 e. The van der Waals surface area contributed by atoms with Crippen LogP contribution in [0.4, 0.5) is 5.69 Å². The van der Waals surface area contributed by atoms with Crippen molar-refractivity contribution in [3.05, 3.63) is 47.5 Å². The maximum atomic E-state index is 12.1. The van der Waals surface area contributed by atoms with Gasteiger partial charge in [0.25, 0.3) is 0 Å². The van der Waals surface area contributed by atoms with E-state index in [4.69, 9.17) is 16.9 Å². The fraction of sp³-hybridized carbons (Fsp3) is 0.214. The number of carbonyl (C=O) groups excluding carboxylic acids is 1. The van der Waals surface area contributed by atoms with E-state index in [1.54, 1.807) is 30.7 Å². The molecule has 5 nitrogen and oxygen atoms in total. The molecule has 0 aliphatic rings. The Kier molecular flexibility index (Phi) is 4.38. The predicted molar refractivity (Wildman–Crippen MR) is 76.2 cm³/mol. The van der Waals surface area contributed by atoms with E-state index in [9.17, 15) is 4.79 Å². The molecule has 0 saturated heterocycles. The third kappa shape index (κ3) is 3.37. The average molecular weight is 289 g/mol. The Morgan fingerprint density at radius 3 is 3.00 bits per heavy atom. The van der Waals surface area contributed by atoms with E-state index >= 15 is 0 Å². The van der Waals surface area contributed by atoms with Gasteiger partial charge >= 0.3 is 0 Å². The summed E-state index contributed by atoms with van der Waals surface area (Å²) in [5, 5.41) is 11.9. The zero-order valence-electron chi connectivity index (χ0n) is 10.9. The van der Waals surface area contributed by atoms with E-state index in [0.717, 1.165) is 0 Å². The molecule has 102 valence electrons. The van der Waals surface area contributed by atoms with Crippen molar-refractivity contribution in [1.29, 1.82) is 5.26 Å². The molecule has 1 heterocycles. The number of anilines is 1. The number of imidazole rings is 1. The van der Waals surface area contributed by atoms with Crippen LogP contribution in [0.15, 0.2) is 36.9 Å². The average Bonchev–Trinajstić information content (AvgIpc) is 2.91. The van der Waals surface area contributed by atoms with Gasteiger partial charge in [-0.3, -0.25) is 4.79 Å². The van der Waals surface area contributed by atoms with Crippen LogP contribution in [-0.4, -0.2) is 15.5 Å². The summed E-state index contributed by atoms with van der Waals surface area (Å²) in [6.07, 6.45) is 5.15. The van der Waals surface area contributed by atoms with Gasteiger partial charge in [-0.1, -0.05) is 18.5 Å². The smallest absolute Gasteiger partial charge is 0.229 e. The van der Waals surface area contributed by atoms with Crippen LogP contribution >= 0.6 is 11.6 Å². The molecule has 1 atom stereocenters. The first-order chi connectivity index (χ1) is 9.60. The van der Waals surface area contributed by atoms with Crippen LogP contribution < -0.4 is 5.32 Å². The van der Waals surface area contributed by atoms with Gasteiger partial charge in [-0.2, -0.15) is 5.26 Å². The highest BCUT2D eigenvalue weighted by Gasteiger charge is 2.14. The summed E-state index contributed by atoms with van der Waals surface area (Å²) in [6.45, 7) is 2.39. The van der Waals surface area contributed by atoms with Gasteiger partial charge in [-0.15, -0.1) is 0 Å². The highest BCUT2D eigenvalue weighted by Crippen LogP contribution is 2.20. The zero-order chi connectivity index (χ0) is 14.5. The Balaban J connectivity index is 2.00. The van der Waals surface area contributed by atoms with Crippen molar-refractivity contribution in [2.24, 2.45) is 5.92 Å². The summed E-state index contributed by atoms with van der Waals surface area (Å²) in [6, 6.07) is 6.79. The van der Waals surface area contributed by atoms with E-state index in [1.165, 1.54) is 0 Å². The molecular weight excluding hydrogens is 276 g/mol. The van der Waals surface area contributed by atoms with Crippen LogP contribution in [0.1, 0.15) is 12.5 Å². The lowest BCUT2D eigenvalue weighted by Gasteiger charge is -2.13. The van der Waals surface area contributed by atoms with Crippen molar-refractivity contribution in [1.82, 2.24) is 9.55 Å². The number of amides is 1. The summed E-state index contributed by atoms with van der Waals surface area (Å²) < 4.78 is 1.84.